The first-order valence-electron chi connectivity index (χ1n) is 9.00. The highest BCUT2D eigenvalue weighted by atomic mass is 32.1. The summed E-state index contributed by atoms with van der Waals surface area (Å²) in [7, 11) is 1.69. The molecule has 0 amide bonds. The van der Waals surface area contributed by atoms with Gasteiger partial charge in [0.15, 0.2) is 24.1 Å². The van der Waals surface area contributed by atoms with Gasteiger partial charge < -0.3 is 10.1 Å². The van der Waals surface area contributed by atoms with Gasteiger partial charge in [-0.25, -0.2) is 9.55 Å². The molecule has 1 N–H and O–H groups in total. The van der Waals surface area contributed by atoms with E-state index in [-0.39, 0.29) is 0 Å². The van der Waals surface area contributed by atoms with Gasteiger partial charge in [-0.15, -0.1) is 0 Å². The van der Waals surface area contributed by atoms with Crippen LogP contribution in [0.15, 0.2) is 73.1 Å². The van der Waals surface area contributed by atoms with E-state index in [1.54, 1.807) is 18.4 Å². The first kappa shape index (κ1) is 17.5. The number of hydrogen-bond acceptors (Lipinski definition) is 4. The standard InChI is InChI=1S/C22H22N3OS/c1-26-19-7-8-20-21(15-19)27-22(24-20)23-12-9-17-10-13-25(14-11-17)16-18-5-3-2-4-6-18/h2-8,10-11,13-15H,9,12,16H2,1H3,(H,23,24)/q+1. The van der Waals surface area contributed by atoms with E-state index >= 15 is 0 Å². The first-order chi connectivity index (χ1) is 13.3. The zero-order valence-electron chi connectivity index (χ0n) is 15.3. The fourth-order valence-corrected chi connectivity index (χ4v) is 3.90. The summed E-state index contributed by atoms with van der Waals surface area (Å²) in [4.78, 5) is 4.63. The van der Waals surface area contributed by atoms with Gasteiger partial charge in [0.25, 0.3) is 0 Å². The van der Waals surface area contributed by atoms with E-state index in [4.69, 9.17) is 4.74 Å². The highest BCUT2D eigenvalue weighted by Crippen LogP contribution is 2.29. The van der Waals surface area contributed by atoms with Crippen molar-refractivity contribution in [2.24, 2.45) is 0 Å². The van der Waals surface area contributed by atoms with Gasteiger partial charge in [0, 0.05) is 24.2 Å². The van der Waals surface area contributed by atoms with Crippen molar-refractivity contribution in [3.63, 3.8) is 0 Å². The third-order valence-electron chi connectivity index (χ3n) is 4.45. The number of nitrogens with one attached hydrogen (secondary N) is 1. The summed E-state index contributed by atoms with van der Waals surface area (Å²) in [6.07, 6.45) is 5.25. The van der Waals surface area contributed by atoms with Crippen LogP contribution < -0.4 is 14.6 Å². The van der Waals surface area contributed by atoms with Crippen molar-refractivity contribution in [3.05, 3.63) is 84.2 Å². The molecule has 0 aliphatic carbocycles. The second kappa shape index (κ2) is 8.18. The van der Waals surface area contributed by atoms with Crippen LogP contribution in [-0.2, 0) is 13.0 Å². The molecule has 0 aliphatic rings. The summed E-state index contributed by atoms with van der Waals surface area (Å²) >= 11 is 1.66. The van der Waals surface area contributed by atoms with Crippen molar-refractivity contribution in [1.29, 1.82) is 0 Å². The summed E-state index contributed by atoms with van der Waals surface area (Å²) in [6, 6.07) is 20.9. The third-order valence-corrected chi connectivity index (χ3v) is 5.43. The number of methoxy groups -OCH3 is 1. The quantitative estimate of drug-likeness (QED) is 0.489. The Morgan fingerprint density at radius 2 is 1.81 bits per heavy atom. The Kier molecular flexibility index (Phi) is 5.30. The number of hydrogen-bond donors (Lipinski definition) is 1. The highest BCUT2D eigenvalue weighted by molar-refractivity contribution is 7.22. The van der Waals surface area contributed by atoms with Crippen molar-refractivity contribution in [2.75, 3.05) is 19.0 Å². The number of thiazole rings is 1. The number of pyridine rings is 1. The van der Waals surface area contributed by atoms with Crippen molar-refractivity contribution in [3.8, 4) is 5.75 Å². The number of fused-ring (bicyclic) bond motifs is 1. The molecule has 0 radical (unpaired) electrons. The molecule has 0 unspecified atom stereocenters. The predicted octanol–water partition coefficient (Wildman–Crippen LogP) is 4.30. The molecule has 0 spiro atoms. The van der Waals surface area contributed by atoms with Gasteiger partial charge >= 0.3 is 0 Å². The maximum Gasteiger partial charge on any atom is 0.183 e. The van der Waals surface area contributed by atoms with Gasteiger partial charge in [-0.1, -0.05) is 41.7 Å². The Balaban J connectivity index is 1.32. The highest BCUT2D eigenvalue weighted by Gasteiger charge is 2.06. The normalized spacial score (nSPS) is 10.9. The zero-order valence-corrected chi connectivity index (χ0v) is 16.1. The lowest BCUT2D eigenvalue weighted by Gasteiger charge is -2.03. The number of ether oxygens (including phenoxy) is 1. The zero-order chi connectivity index (χ0) is 18.5. The van der Waals surface area contributed by atoms with Crippen molar-refractivity contribution in [1.82, 2.24) is 4.98 Å². The van der Waals surface area contributed by atoms with Gasteiger partial charge in [-0.3, -0.25) is 0 Å². The van der Waals surface area contributed by atoms with Crippen LogP contribution in [0, 0.1) is 0 Å². The van der Waals surface area contributed by atoms with Crippen LogP contribution in [0.4, 0.5) is 5.13 Å². The minimum absolute atomic E-state index is 0.861. The first-order valence-corrected chi connectivity index (χ1v) is 9.82. The summed E-state index contributed by atoms with van der Waals surface area (Å²) in [5.41, 5.74) is 3.63. The maximum absolute atomic E-state index is 5.27. The molecule has 4 nitrogen and oxygen atoms in total. The van der Waals surface area contributed by atoms with Gasteiger partial charge in [-0.05, 0) is 30.2 Å². The second-order valence-corrected chi connectivity index (χ2v) is 7.42. The number of aromatic nitrogens is 2. The van der Waals surface area contributed by atoms with E-state index in [9.17, 15) is 0 Å². The second-order valence-electron chi connectivity index (χ2n) is 6.39. The van der Waals surface area contributed by atoms with Gasteiger partial charge in [-0.2, -0.15) is 0 Å². The molecule has 27 heavy (non-hydrogen) atoms. The van der Waals surface area contributed by atoms with E-state index in [1.807, 2.05) is 24.3 Å². The van der Waals surface area contributed by atoms with E-state index in [0.29, 0.717) is 0 Å². The van der Waals surface area contributed by atoms with Crippen LogP contribution in [0.3, 0.4) is 0 Å². The van der Waals surface area contributed by atoms with Crippen LogP contribution in [0.1, 0.15) is 11.1 Å². The number of anilines is 1. The molecule has 0 bridgehead atoms. The van der Waals surface area contributed by atoms with Crippen molar-refractivity contribution >= 4 is 26.7 Å². The monoisotopic (exact) mass is 376 g/mol. The lowest BCUT2D eigenvalue weighted by atomic mass is 10.2. The van der Waals surface area contributed by atoms with Crippen LogP contribution in [0.2, 0.25) is 0 Å². The van der Waals surface area contributed by atoms with E-state index in [1.165, 1.54) is 11.1 Å². The molecule has 4 rings (SSSR count). The molecule has 136 valence electrons. The van der Waals surface area contributed by atoms with Gasteiger partial charge in [0.05, 0.1) is 17.3 Å². The Morgan fingerprint density at radius 3 is 2.59 bits per heavy atom. The number of nitrogens with zero attached hydrogens (tertiary/aromatic N) is 2. The summed E-state index contributed by atoms with van der Waals surface area (Å²) in [6.45, 7) is 1.76. The topological polar surface area (TPSA) is 38.0 Å². The molecular weight excluding hydrogens is 354 g/mol. The molecule has 2 heterocycles. The Bertz CT molecular complexity index is 1010. The lowest BCUT2D eigenvalue weighted by molar-refractivity contribution is -0.688. The summed E-state index contributed by atoms with van der Waals surface area (Å²) < 4.78 is 8.61. The fourth-order valence-electron chi connectivity index (χ4n) is 2.98. The van der Waals surface area contributed by atoms with E-state index in [0.717, 1.165) is 40.6 Å². The molecule has 0 saturated carbocycles. The fraction of sp³-hybridized carbons (Fsp3) is 0.182. The van der Waals surface area contributed by atoms with Crippen molar-refractivity contribution in [2.45, 2.75) is 13.0 Å². The Hall–Kier alpha value is -2.92. The molecule has 5 heteroatoms. The smallest absolute Gasteiger partial charge is 0.183 e. The molecule has 0 fully saturated rings. The van der Waals surface area contributed by atoms with Crippen LogP contribution in [0.5, 0.6) is 5.75 Å². The average molecular weight is 377 g/mol. The maximum atomic E-state index is 5.27. The minimum Gasteiger partial charge on any atom is -0.497 e. The molecule has 0 atom stereocenters. The molecule has 4 aromatic rings. The van der Waals surface area contributed by atoms with E-state index < -0.39 is 0 Å². The minimum atomic E-state index is 0.861. The largest absolute Gasteiger partial charge is 0.497 e. The lowest BCUT2D eigenvalue weighted by Crippen LogP contribution is -2.33. The number of benzene rings is 2. The molecule has 0 aliphatic heterocycles. The molecule has 2 aromatic heterocycles. The molecule has 0 saturated heterocycles. The number of rotatable bonds is 7. The summed E-state index contributed by atoms with van der Waals surface area (Å²) in [5.74, 6) is 0.866. The Morgan fingerprint density at radius 1 is 1.00 bits per heavy atom. The molecular formula is C22H22N3OS+. The summed E-state index contributed by atoms with van der Waals surface area (Å²) in [5, 5.41) is 4.39. The van der Waals surface area contributed by atoms with Crippen LogP contribution >= 0.6 is 11.3 Å². The van der Waals surface area contributed by atoms with Crippen LogP contribution in [0.25, 0.3) is 10.2 Å². The predicted molar refractivity (Wildman–Crippen MR) is 111 cm³/mol. The van der Waals surface area contributed by atoms with Gasteiger partial charge in [0.1, 0.15) is 5.75 Å². The third kappa shape index (κ3) is 4.44. The van der Waals surface area contributed by atoms with Crippen LogP contribution in [-0.4, -0.2) is 18.6 Å². The van der Waals surface area contributed by atoms with Gasteiger partial charge in [0.2, 0.25) is 0 Å². The molecule has 2 aromatic carbocycles. The SMILES string of the molecule is COc1ccc2nc(NCCc3cc[n+](Cc4ccccc4)cc3)sc2c1. The Labute approximate surface area is 163 Å². The van der Waals surface area contributed by atoms with Crippen molar-refractivity contribution < 1.29 is 9.30 Å². The average Bonchev–Trinajstić information content (AvgIpc) is 3.12. The van der Waals surface area contributed by atoms with E-state index in [2.05, 4.69) is 63.7 Å².